The Hall–Kier alpha value is -3.39. The minimum atomic E-state index is -0.701. The summed E-state index contributed by atoms with van der Waals surface area (Å²) in [5, 5.41) is 2.71. The Bertz CT molecular complexity index is 1150. The molecule has 1 aromatic heterocycles. The van der Waals surface area contributed by atoms with Gasteiger partial charge in [0.1, 0.15) is 11.3 Å². The molecule has 1 heterocycles. The largest absolute Gasteiger partial charge is 0.483 e. The van der Waals surface area contributed by atoms with Crippen molar-refractivity contribution in [3.05, 3.63) is 81.6 Å². The number of hydrogen-bond donors (Lipinski definition) is 1. The number of nitrogens with zero attached hydrogens (tertiary/aromatic N) is 1. The Balaban J connectivity index is 1.59. The molecule has 7 nitrogen and oxygen atoms in total. The molecule has 32 heavy (non-hydrogen) atoms. The monoisotopic (exact) mass is 498 g/mol. The lowest BCUT2D eigenvalue weighted by atomic mass is 10.1. The second-order valence-corrected chi connectivity index (χ2v) is 8.10. The fourth-order valence-corrected chi connectivity index (χ4v) is 3.32. The predicted octanol–water partition coefficient (Wildman–Crippen LogP) is 4.46. The normalized spacial score (nSPS) is 10.5. The zero-order valence-corrected chi connectivity index (χ0v) is 19.6. The number of para-hydroxylation sites is 1. The summed E-state index contributed by atoms with van der Waals surface area (Å²) >= 11 is 3.33. The van der Waals surface area contributed by atoms with Crippen molar-refractivity contribution in [1.29, 1.82) is 0 Å². The Kier molecular flexibility index (Phi) is 7.48. The quantitative estimate of drug-likeness (QED) is 0.365. The van der Waals surface area contributed by atoms with Gasteiger partial charge in [-0.3, -0.25) is 9.59 Å². The van der Waals surface area contributed by atoms with Gasteiger partial charge in [0.25, 0.3) is 5.91 Å². The van der Waals surface area contributed by atoms with Gasteiger partial charge in [0, 0.05) is 34.2 Å². The van der Waals surface area contributed by atoms with Crippen LogP contribution in [0.1, 0.15) is 32.1 Å². The van der Waals surface area contributed by atoms with Gasteiger partial charge in [0.05, 0.1) is 0 Å². The molecule has 0 atom stereocenters. The van der Waals surface area contributed by atoms with Gasteiger partial charge in [0.15, 0.2) is 13.2 Å². The number of benzene rings is 2. The maximum atomic E-state index is 12.6. The molecule has 0 aliphatic rings. The average molecular weight is 499 g/mol. The van der Waals surface area contributed by atoms with Crippen molar-refractivity contribution >= 4 is 39.3 Å². The number of aromatic nitrogens is 1. The standard InChI is InChI=1S/C24H23BrN2O5/c1-15-12-20(16(2)27(15)3)21(28)13-32-24(30)19-6-4-5-7-22(19)31-14-23(29)26-18-10-8-17(25)9-11-18/h4-12H,13-14H2,1-3H3,(H,26,29). The molecule has 0 unspecified atom stereocenters. The first-order valence-corrected chi connectivity index (χ1v) is 10.7. The number of amides is 1. The van der Waals surface area contributed by atoms with Crippen LogP contribution in [0.3, 0.4) is 0 Å². The number of carbonyl (C=O) groups excluding carboxylic acids is 3. The molecule has 0 saturated heterocycles. The van der Waals surface area contributed by atoms with Gasteiger partial charge in [0.2, 0.25) is 5.78 Å². The van der Waals surface area contributed by atoms with Gasteiger partial charge in [-0.05, 0) is 56.3 Å². The summed E-state index contributed by atoms with van der Waals surface area (Å²) in [5.41, 5.74) is 3.03. The molecular weight excluding hydrogens is 476 g/mol. The topological polar surface area (TPSA) is 86.6 Å². The molecule has 2 aromatic carbocycles. The Morgan fingerprint density at radius 1 is 0.969 bits per heavy atom. The van der Waals surface area contributed by atoms with E-state index in [4.69, 9.17) is 9.47 Å². The zero-order valence-electron chi connectivity index (χ0n) is 18.0. The highest BCUT2D eigenvalue weighted by atomic mass is 79.9. The Morgan fingerprint density at radius 3 is 2.31 bits per heavy atom. The lowest BCUT2D eigenvalue weighted by molar-refractivity contribution is -0.118. The van der Waals surface area contributed by atoms with E-state index in [2.05, 4.69) is 21.2 Å². The molecule has 3 rings (SSSR count). The number of rotatable bonds is 8. The van der Waals surface area contributed by atoms with Crippen molar-refractivity contribution < 1.29 is 23.9 Å². The van der Waals surface area contributed by atoms with Gasteiger partial charge >= 0.3 is 5.97 Å². The van der Waals surface area contributed by atoms with E-state index in [9.17, 15) is 14.4 Å². The smallest absolute Gasteiger partial charge is 0.342 e. The molecule has 0 fully saturated rings. The SMILES string of the molecule is Cc1cc(C(=O)COC(=O)c2ccccc2OCC(=O)Nc2ccc(Br)cc2)c(C)n1C. The van der Waals surface area contributed by atoms with Gasteiger partial charge in [-0.2, -0.15) is 0 Å². The van der Waals surface area contributed by atoms with Crippen LogP contribution in [0.15, 0.2) is 59.1 Å². The molecule has 0 aliphatic heterocycles. The van der Waals surface area contributed by atoms with Gasteiger partial charge < -0.3 is 19.4 Å². The minimum Gasteiger partial charge on any atom is -0.483 e. The summed E-state index contributed by atoms with van der Waals surface area (Å²) in [6.45, 7) is 3.06. The summed E-state index contributed by atoms with van der Waals surface area (Å²) < 4.78 is 13.6. The maximum absolute atomic E-state index is 12.6. The molecule has 1 N–H and O–H groups in total. The molecule has 1 amide bonds. The number of halogens is 1. The zero-order chi connectivity index (χ0) is 23.3. The summed E-state index contributed by atoms with van der Waals surface area (Å²) in [5.74, 6) is -1.16. The first kappa shape index (κ1) is 23.3. The number of hydrogen-bond acceptors (Lipinski definition) is 5. The lowest BCUT2D eigenvalue weighted by Gasteiger charge is -2.11. The second kappa shape index (κ2) is 10.3. The van der Waals surface area contributed by atoms with Crippen LogP contribution in [0.4, 0.5) is 5.69 Å². The number of Topliss-reactive ketones (excluding diaryl/α,β-unsaturated/α-hetero) is 1. The van der Waals surface area contributed by atoms with Crippen molar-refractivity contribution in [3.63, 3.8) is 0 Å². The summed E-state index contributed by atoms with van der Waals surface area (Å²) in [7, 11) is 1.87. The van der Waals surface area contributed by atoms with E-state index < -0.39 is 5.97 Å². The third kappa shape index (κ3) is 5.64. The molecular formula is C24H23BrN2O5. The third-order valence-corrected chi connectivity index (χ3v) is 5.53. The summed E-state index contributed by atoms with van der Waals surface area (Å²) in [6.07, 6.45) is 0. The van der Waals surface area contributed by atoms with Crippen molar-refractivity contribution in [3.8, 4) is 5.75 Å². The van der Waals surface area contributed by atoms with Gasteiger partial charge in [-0.15, -0.1) is 0 Å². The van der Waals surface area contributed by atoms with E-state index in [-0.39, 0.29) is 36.2 Å². The summed E-state index contributed by atoms with van der Waals surface area (Å²) in [4.78, 5) is 37.2. The molecule has 0 bridgehead atoms. The number of nitrogens with one attached hydrogen (secondary N) is 1. The fourth-order valence-electron chi connectivity index (χ4n) is 3.06. The molecule has 8 heteroatoms. The fraction of sp³-hybridized carbons (Fsp3) is 0.208. The number of anilines is 1. The van der Waals surface area contributed by atoms with E-state index in [1.54, 1.807) is 48.5 Å². The van der Waals surface area contributed by atoms with Crippen LogP contribution in [0.2, 0.25) is 0 Å². The van der Waals surface area contributed by atoms with Crippen LogP contribution in [0.5, 0.6) is 5.75 Å². The molecule has 0 saturated carbocycles. The molecule has 166 valence electrons. The van der Waals surface area contributed by atoms with Crippen molar-refractivity contribution in [1.82, 2.24) is 4.57 Å². The maximum Gasteiger partial charge on any atom is 0.342 e. The van der Waals surface area contributed by atoms with E-state index in [0.717, 1.165) is 15.9 Å². The number of ketones is 1. The van der Waals surface area contributed by atoms with E-state index in [1.165, 1.54) is 6.07 Å². The highest BCUT2D eigenvalue weighted by Crippen LogP contribution is 2.20. The minimum absolute atomic E-state index is 0.137. The second-order valence-electron chi connectivity index (χ2n) is 7.18. The average Bonchev–Trinajstić information content (AvgIpc) is 3.05. The Morgan fingerprint density at radius 2 is 1.66 bits per heavy atom. The lowest BCUT2D eigenvalue weighted by Crippen LogP contribution is -2.21. The van der Waals surface area contributed by atoms with Gasteiger partial charge in [-0.25, -0.2) is 4.79 Å². The van der Waals surface area contributed by atoms with Crippen molar-refractivity contribution in [2.75, 3.05) is 18.5 Å². The molecule has 3 aromatic rings. The molecule has 0 aliphatic carbocycles. The first-order chi connectivity index (χ1) is 15.3. The predicted molar refractivity (Wildman–Crippen MR) is 124 cm³/mol. The van der Waals surface area contributed by atoms with Crippen LogP contribution >= 0.6 is 15.9 Å². The van der Waals surface area contributed by atoms with Crippen LogP contribution in [0, 0.1) is 13.8 Å². The Labute approximate surface area is 194 Å². The number of carbonyl (C=O) groups is 3. The molecule has 0 radical (unpaired) electrons. The third-order valence-electron chi connectivity index (χ3n) is 5.00. The highest BCUT2D eigenvalue weighted by molar-refractivity contribution is 9.10. The number of aryl methyl sites for hydroxylation is 1. The van der Waals surface area contributed by atoms with Crippen LogP contribution in [-0.2, 0) is 16.6 Å². The number of ether oxygens (including phenoxy) is 2. The van der Waals surface area contributed by atoms with Crippen LogP contribution in [-0.4, -0.2) is 35.4 Å². The van der Waals surface area contributed by atoms with Crippen molar-refractivity contribution in [2.24, 2.45) is 7.05 Å². The van der Waals surface area contributed by atoms with Crippen LogP contribution < -0.4 is 10.1 Å². The van der Waals surface area contributed by atoms with E-state index >= 15 is 0 Å². The first-order valence-electron chi connectivity index (χ1n) is 9.86. The van der Waals surface area contributed by atoms with E-state index in [1.807, 2.05) is 25.5 Å². The molecule has 0 spiro atoms. The van der Waals surface area contributed by atoms with Gasteiger partial charge in [-0.1, -0.05) is 28.1 Å². The number of esters is 1. The van der Waals surface area contributed by atoms with Crippen molar-refractivity contribution in [2.45, 2.75) is 13.8 Å². The highest BCUT2D eigenvalue weighted by Gasteiger charge is 2.19. The van der Waals surface area contributed by atoms with Crippen LogP contribution in [0.25, 0.3) is 0 Å². The van der Waals surface area contributed by atoms with E-state index in [0.29, 0.717) is 11.3 Å². The summed E-state index contributed by atoms with van der Waals surface area (Å²) in [6, 6.07) is 15.3.